The first-order valence-corrected chi connectivity index (χ1v) is 8.51. The van der Waals surface area contributed by atoms with Crippen molar-refractivity contribution < 1.29 is 9.90 Å². The van der Waals surface area contributed by atoms with E-state index in [4.69, 9.17) is 5.26 Å². The van der Waals surface area contributed by atoms with Gasteiger partial charge in [-0.2, -0.15) is 5.26 Å². The van der Waals surface area contributed by atoms with E-state index in [1.807, 2.05) is 36.9 Å². The Labute approximate surface area is 143 Å². The van der Waals surface area contributed by atoms with Crippen LogP contribution in [0, 0.1) is 25.2 Å². The molecule has 3 heterocycles. The maximum Gasteiger partial charge on any atom is 0.214 e. The first-order chi connectivity index (χ1) is 11.4. The molecule has 120 valence electrons. The van der Waals surface area contributed by atoms with Crippen LogP contribution in [0.1, 0.15) is 32.1 Å². The molecule has 24 heavy (non-hydrogen) atoms. The number of rotatable bonds is 1. The number of hydrogen-bond acceptors (Lipinski definition) is 6. The first kappa shape index (κ1) is 15.1. The number of anilines is 1. The van der Waals surface area contributed by atoms with Gasteiger partial charge in [-0.25, -0.2) is 4.99 Å². The van der Waals surface area contributed by atoms with Crippen LogP contribution in [0.4, 0.5) is 11.4 Å². The molecule has 1 fully saturated rings. The van der Waals surface area contributed by atoms with Gasteiger partial charge < -0.3 is 10.0 Å². The second-order valence-electron chi connectivity index (χ2n) is 6.21. The lowest BCUT2D eigenvalue weighted by molar-refractivity contribution is 0.0607. The van der Waals surface area contributed by atoms with Crippen LogP contribution >= 0.6 is 11.3 Å². The minimum atomic E-state index is -1.55. The van der Waals surface area contributed by atoms with Gasteiger partial charge in [0.05, 0.1) is 22.2 Å². The zero-order valence-corrected chi connectivity index (χ0v) is 14.1. The maximum atomic E-state index is 12.8. The van der Waals surface area contributed by atoms with E-state index in [1.165, 1.54) is 11.3 Å². The van der Waals surface area contributed by atoms with Gasteiger partial charge >= 0.3 is 0 Å². The number of aliphatic imine (C=N–C) groups is 1. The lowest BCUT2D eigenvalue weighted by Crippen LogP contribution is -2.48. The number of aryl methyl sites for hydroxylation is 2. The number of carbonyl (C=O) groups excluding carboxylic acids is 1. The summed E-state index contributed by atoms with van der Waals surface area (Å²) in [5.41, 5.74) is 1.40. The molecule has 0 amide bonds. The predicted molar refractivity (Wildman–Crippen MR) is 93.3 cm³/mol. The number of benzene rings is 1. The highest BCUT2D eigenvalue weighted by Gasteiger charge is 2.53. The fourth-order valence-electron chi connectivity index (χ4n) is 3.32. The number of Topliss-reactive ketones (excluding diaryl/α,β-unsaturated/α-hetero) is 1. The van der Waals surface area contributed by atoms with E-state index in [2.05, 4.69) is 11.1 Å². The molecular formula is C18H15N3O2S. The third kappa shape index (κ3) is 1.95. The molecule has 0 radical (unpaired) electrons. The molecule has 1 aromatic heterocycles. The number of hydrogen-bond donors (Lipinski definition) is 1. The van der Waals surface area contributed by atoms with Crippen molar-refractivity contribution in [3.05, 3.63) is 45.1 Å². The van der Waals surface area contributed by atoms with Crippen LogP contribution in [0.2, 0.25) is 0 Å². The minimum Gasteiger partial charge on any atom is -0.374 e. The van der Waals surface area contributed by atoms with E-state index in [0.29, 0.717) is 34.9 Å². The van der Waals surface area contributed by atoms with Gasteiger partial charge in [-0.15, -0.1) is 11.3 Å². The molecule has 2 aliphatic rings. The van der Waals surface area contributed by atoms with Crippen molar-refractivity contribution >= 4 is 34.3 Å². The minimum absolute atomic E-state index is 0.256. The van der Waals surface area contributed by atoms with Gasteiger partial charge in [0.2, 0.25) is 5.78 Å². The monoisotopic (exact) mass is 337 g/mol. The van der Waals surface area contributed by atoms with Crippen molar-refractivity contribution in [3.8, 4) is 6.07 Å². The predicted octanol–water partition coefficient (Wildman–Crippen LogP) is 3.10. The SMILES string of the molecule is Cc1cc2c(s1)C(=O)[C@]1(O)CCN(c3ccc(C#N)c(C)c3)C1=N2. The lowest BCUT2D eigenvalue weighted by Gasteiger charge is -2.28. The molecule has 1 aromatic carbocycles. The molecule has 5 nitrogen and oxygen atoms in total. The summed E-state index contributed by atoms with van der Waals surface area (Å²) in [6.45, 7) is 4.32. The van der Waals surface area contributed by atoms with E-state index >= 15 is 0 Å². The Morgan fingerprint density at radius 2 is 2.17 bits per heavy atom. The van der Waals surface area contributed by atoms with E-state index in [9.17, 15) is 9.90 Å². The second-order valence-corrected chi connectivity index (χ2v) is 7.47. The lowest BCUT2D eigenvalue weighted by atomic mass is 9.92. The van der Waals surface area contributed by atoms with Crippen molar-refractivity contribution in [1.29, 1.82) is 5.26 Å². The highest BCUT2D eigenvalue weighted by Crippen LogP contribution is 2.42. The average Bonchev–Trinajstić information content (AvgIpc) is 3.09. The molecule has 1 saturated heterocycles. The molecule has 4 rings (SSSR count). The third-order valence-electron chi connectivity index (χ3n) is 4.61. The summed E-state index contributed by atoms with van der Waals surface area (Å²) in [5.74, 6) is 0.135. The van der Waals surface area contributed by atoms with Crippen molar-refractivity contribution in [3.63, 3.8) is 0 Å². The van der Waals surface area contributed by atoms with Crippen LogP contribution in [0.25, 0.3) is 0 Å². The number of ketones is 1. The normalized spacial score (nSPS) is 22.0. The maximum absolute atomic E-state index is 12.8. The summed E-state index contributed by atoms with van der Waals surface area (Å²) >= 11 is 1.38. The Hall–Kier alpha value is -2.49. The molecule has 2 aromatic rings. The largest absolute Gasteiger partial charge is 0.374 e. The molecule has 0 aliphatic carbocycles. The number of nitriles is 1. The van der Waals surface area contributed by atoms with Crippen LogP contribution in [0.3, 0.4) is 0 Å². The number of thiophene rings is 1. The van der Waals surface area contributed by atoms with Gasteiger partial charge in [-0.05, 0) is 43.7 Å². The highest BCUT2D eigenvalue weighted by molar-refractivity contribution is 7.14. The Morgan fingerprint density at radius 1 is 1.38 bits per heavy atom. The van der Waals surface area contributed by atoms with Crippen molar-refractivity contribution in [1.82, 2.24) is 0 Å². The van der Waals surface area contributed by atoms with E-state index in [1.54, 1.807) is 6.07 Å². The van der Waals surface area contributed by atoms with Gasteiger partial charge in [0.25, 0.3) is 0 Å². The average molecular weight is 337 g/mol. The van der Waals surface area contributed by atoms with E-state index < -0.39 is 5.60 Å². The quantitative estimate of drug-likeness (QED) is 0.867. The van der Waals surface area contributed by atoms with Crippen LogP contribution in [0.5, 0.6) is 0 Å². The number of carbonyl (C=O) groups is 1. The van der Waals surface area contributed by atoms with Gasteiger partial charge in [0, 0.05) is 23.5 Å². The van der Waals surface area contributed by atoms with Crippen LogP contribution in [-0.2, 0) is 0 Å². The molecule has 0 saturated carbocycles. The Kier molecular flexibility index (Phi) is 3.14. The Bertz CT molecular complexity index is 954. The Balaban J connectivity index is 1.84. The molecule has 0 bridgehead atoms. The number of aliphatic hydroxyl groups is 1. The van der Waals surface area contributed by atoms with E-state index in [0.717, 1.165) is 16.1 Å². The molecule has 1 N–H and O–H groups in total. The van der Waals surface area contributed by atoms with Gasteiger partial charge in [-0.3, -0.25) is 4.79 Å². The second kappa shape index (κ2) is 5.00. The molecular weight excluding hydrogens is 322 g/mol. The summed E-state index contributed by atoms with van der Waals surface area (Å²) in [5, 5.41) is 20.0. The molecule has 6 heteroatoms. The van der Waals surface area contributed by atoms with Crippen molar-refractivity contribution in [2.24, 2.45) is 4.99 Å². The van der Waals surface area contributed by atoms with Crippen molar-refractivity contribution in [2.45, 2.75) is 25.9 Å². The number of fused-ring (bicyclic) bond motifs is 2. The molecule has 0 spiro atoms. The molecule has 0 unspecified atom stereocenters. The number of nitrogens with zero attached hydrogens (tertiary/aromatic N) is 3. The van der Waals surface area contributed by atoms with Gasteiger partial charge in [-0.1, -0.05) is 0 Å². The fraction of sp³-hybridized carbons (Fsp3) is 0.278. The Morgan fingerprint density at radius 3 is 2.88 bits per heavy atom. The standard InChI is InChI=1S/C18H15N3O2S/c1-10-7-13(4-3-12(10)9-19)21-6-5-18(23)16(22)15-14(20-17(18)21)8-11(2)24-15/h3-4,7-8,23H,5-6H2,1-2H3/t18-/m1/s1. The topological polar surface area (TPSA) is 76.7 Å². The van der Waals surface area contributed by atoms with Crippen LogP contribution in [0.15, 0.2) is 29.3 Å². The fourth-order valence-corrected chi connectivity index (χ4v) is 4.29. The summed E-state index contributed by atoms with van der Waals surface area (Å²) in [7, 11) is 0. The summed E-state index contributed by atoms with van der Waals surface area (Å²) in [4.78, 5) is 20.8. The van der Waals surface area contributed by atoms with Crippen molar-refractivity contribution in [2.75, 3.05) is 11.4 Å². The zero-order valence-electron chi connectivity index (χ0n) is 13.3. The number of amidine groups is 1. The summed E-state index contributed by atoms with van der Waals surface area (Å²) in [6, 6.07) is 9.51. The first-order valence-electron chi connectivity index (χ1n) is 7.69. The third-order valence-corrected chi connectivity index (χ3v) is 5.65. The van der Waals surface area contributed by atoms with Crippen LogP contribution in [-0.4, -0.2) is 28.9 Å². The zero-order chi connectivity index (χ0) is 17.1. The summed E-state index contributed by atoms with van der Waals surface area (Å²) < 4.78 is 0. The molecule has 2 aliphatic heterocycles. The van der Waals surface area contributed by atoms with Crippen LogP contribution < -0.4 is 4.90 Å². The van der Waals surface area contributed by atoms with Gasteiger partial charge in [0.1, 0.15) is 5.84 Å². The summed E-state index contributed by atoms with van der Waals surface area (Å²) in [6.07, 6.45) is 0.320. The molecule has 1 atom stereocenters. The smallest absolute Gasteiger partial charge is 0.214 e. The highest BCUT2D eigenvalue weighted by atomic mass is 32.1. The van der Waals surface area contributed by atoms with Gasteiger partial charge in [0.15, 0.2) is 5.60 Å². The van der Waals surface area contributed by atoms with E-state index in [-0.39, 0.29) is 5.78 Å².